The number of carbonyl (C=O) groups excluding carboxylic acids is 3. The predicted octanol–water partition coefficient (Wildman–Crippen LogP) is 5.97. The molecule has 5 fully saturated rings. The molecule has 0 spiro atoms. The van der Waals surface area contributed by atoms with Gasteiger partial charge in [-0.15, -0.1) is 0 Å². The third kappa shape index (κ3) is 7.68. The van der Waals surface area contributed by atoms with E-state index in [0.29, 0.717) is 41.2 Å². The Labute approximate surface area is 346 Å². The standard InChI is InChI=1S/C44H50F2N8O6/c1-44(14-15-44)60-37-20-30-33(21-32(37)45)50-51-41(30)34-22-38(48-24-47-34)53-18-12-28(13-19-53)59-26-4-2-25(3-5-26)58-27-10-16-52(17-11-27)35-7-6-29-31(40(35)46)23-54(43(29)57)36-8-9-39(55)49-42(36)56/h6-7,20-22,24-28,36H,2-5,8-19,23H2,1H3,(H,50,51)(H,49,55,56)/t25-,26-,36?. The van der Waals surface area contributed by atoms with Crippen LogP contribution >= 0.6 is 0 Å². The number of piperidine rings is 3. The Morgan fingerprint density at radius 1 is 0.800 bits per heavy atom. The quantitative estimate of drug-likeness (QED) is 0.182. The minimum Gasteiger partial charge on any atom is -0.484 e. The topological polar surface area (TPSA) is 155 Å². The maximum atomic E-state index is 15.9. The van der Waals surface area contributed by atoms with Crippen molar-refractivity contribution >= 4 is 40.1 Å². The first-order chi connectivity index (χ1) is 29.1. The van der Waals surface area contributed by atoms with E-state index in [2.05, 4.69) is 30.4 Å². The molecule has 0 radical (unpaired) electrons. The molecule has 316 valence electrons. The summed E-state index contributed by atoms with van der Waals surface area (Å²) in [6, 6.07) is 7.66. The lowest BCUT2D eigenvalue weighted by atomic mass is 9.93. The zero-order chi connectivity index (χ0) is 41.1. The van der Waals surface area contributed by atoms with Gasteiger partial charge >= 0.3 is 0 Å². The van der Waals surface area contributed by atoms with Gasteiger partial charge in [-0.2, -0.15) is 5.10 Å². The highest BCUT2D eigenvalue weighted by Crippen LogP contribution is 2.42. The number of nitrogens with one attached hydrogen (secondary N) is 2. The van der Waals surface area contributed by atoms with Gasteiger partial charge in [0.25, 0.3) is 5.91 Å². The summed E-state index contributed by atoms with van der Waals surface area (Å²) in [6.07, 6.45) is 11.7. The van der Waals surface area contributed by atoms with Crippen molar-refractivity contribution in [2.24, 2.45) is 0 Å². The molecule has 2 aliphatic carbocycles. The lowest BCUT2D eigenvalue weighted by Crippen LogP contribution is -2.52. The Morgan fingerprint density at radius 3 is 2.13 bits per heavy atom. The Kier molecular flexibility index (Phi) is 10.2. The number of carbonyl (C=O) groups is 3. The largest absolute Gasteiger partial charge is 0.484 e. The van der Waals surface area contributed by atoms with Crippen LogP contribution in [0, 0.1) is 11.6 Å². The van der Waals surface area contributed by atoms with E-state index in [-0.39, 0.29) is 72.5 Å². The van der Waals surface area contributed by atoms with Crippen molar-refractivity contribution in [3.05, 3.63) is 59.4 Å². The van der Waals surface area contributed by atoms with Crippen LogP contribution in [-0.2, 0) is 25.6 Å². The van der Waals surface area contributed by atoms with Crippen molar-refractivity contribution < 1.29 is 37.4 Å². The molecule has 2 saturated carbocycles. The van der Waals surface area contributed by atoms with Crippen molar-refractivity contribution in [2.75, 3.05) is 36.0 Å². The first-order valence-electron chi connectivity index (χ1n) is 21.5. The SMILES string of the molecule is CC1(Oc2cc3c(-c4cc(N5CCC(O[C@H]6CC[C@H](OC7CCN(c8ccc9c(c8F)CN(C8CCC(=O)NC8=O)C9=O)CC7)CC6)CC5)ncn4)n[nH]c3cc2F)CC1. The number of hydrogen-bond acceptors (Lipinski definition) is 11. The molecule has 14 nitrogen and oxygen atoms in total. The van der Waals surface area contributed by atoms with Gasteiger partial charge in [-0.1, -0.05) is 0 Å². The molecule has 3 amide bonds. The average molecular weight is 825 g/mol. The van der Waals surface area contributed by atoms with E-state index in [0.717, 1.165) is 88.5 Å². The molecule has 10 rings (SSSR count). The number of aromatic nitrogens is 4. The van der Waals surface area contributed by atoms with Crippen molar-refractivity contribution in [2.45, 2.75) is 127 Å². The molecule has 1 atom stereocenters. The molecule has 2 aromatic carbocycles. The van der Waals surface area contributed by atoms with Crippen LogP contribution in [0.25, 0.3) is 22.3 Å². The van der Waals surface area contributed by atoms with Gasteiger partial charge in [-0.25, -0.2) is 18.7 Å². The van der Waals surface area contributed by atoms with Gasteiger partial charge in [-0.3, -0.25) is 24.8 Å². The van der Waals surface area contributed by atoms with Crippen molar-refractivity contribution in [1.29, 1.82) is 0 Å². The highest BCUT2D eigenvalue weighted by molar-refractivity contribution is 6.05. The molecule has 16 heteroatoms. The second kappa shape index (κ2) is 15.7. The molecule has 60 heavy (non-hydrogen) atoms. The summed E-state index contributed by atoms with van der Waals surface area (Å²) in [7, 11) is 0. The smallest absolute Gasteiger partial charge is 0.255 e. The van der Waals surface area contributed by atoms with Gasteiger partial charge in [0.15, 0.2) is 17.4 Å². The summed E-state index contributed by atoms with van der Waals surface area (Å²) >= 11 is 0. The molecule has 1 unspecified atom stereocenters. The highest BCUT2D eigenvalue weighted by Gasteiger charge is 2.42. The zero-order valence-electron chi connectivity index (χ0n) is 33.8. The van der Waals surface area contributed by atoms with E-state index in [1.165, 1.54) is 11.0 Å². The summed E-state index contributed by atoms with van der Waals surface area (Å²) in [5.74, 6) is -0.995. The molecular weight excluding hydrogens is 775 g/mol. The van der Waals surface area contributed by atoms with Crippen molar-refractivity contribution in [1.82, 2.24) is 30.4 Å². The van der Waals surface area contributed by atoms with Gasteiger partial charge in [0.05, 0.1) is 47.9 Å². The third-order valence-corrected chi connectivity index (χ3v) is 13.4. The lowest BCUT2D eigenvalue weighted by molar-refractivity contribution is -0.136. The average Bonchev–Trinajstić information content (AvgIpc) is 3.69. The fourth-order valence-corrected chi connectivity index (χ4v) is 9.62. The number of ether oxygens (including phenoxy) is 3. The van der Waals surface area contributed by atoms with Crippen LogP contribution in [0.4, 0.5) is 20.3 Å². The summed E-state index contributed by atoms with van der Waals surface area (Å²) in [6.45, 7) is 4.94. The third-order valence-electron chi connectivity index (χ3n) is 13.4. The summed E-state index contributed by atoms with van der Waals surface area (Å²) < 4.78 is 49.9. The van der Waals surface area contributed by atoms with E-state index >= 15 is 4.39 Å². The number of halogens is 2. The number of nitrogens with zero attached hydrogens (tertiary/aromatic N) is 6. The molecule has 2 N–H and O–H groups in total. The summed E-state index contributed by atoms with van der Waals surface area (Å²) in [5.41, 5.74) is 2.65. The maximum Gasteiger partial charge on any atom is 0.255 e. The highest BCUT2D eigenvalue weighted by atomic mass is 19.1. The normalized spacial score (nSPS) is 24.9. The first kappa shape index (κ1) is 38.9. The zero-order valence-corrected chi connectivity index (χ0v) is 33.8. The summed E-state index contributed by atoms with van der Waals surface area (Å²) in [5, 5.41) is 10.5. The van der Waals surface area contributed by atoms with Crippen LogP contribution in [0.5, 0.6) is 5.75 Å². The van der Waals surface area contributed by atoms with Gasteiger partial charge in [0.1, 0.15) is 29.5 Å². The molecule has 6 aliphatic rings. The van der Waals surface area contributed by atoms with E-state index in [9.17, 15) is 18.8 Å². The van der Waals surface area contributed by atoms with E-state index in [1.54, 1.807) is 24.5 Å². The predicted molar refractivity (Wildman–Crippen MR) is 216 cm³/mol. The van der Waals surface area contributed by atoms with E-state index in [1.807, 2.05) is 17.9 Å². The Morgan fingerprint density at radius 2 is 1.47 bits per heavy atom. The van der Waals surface area contributed by atoms with E-state index < -0.39 is 23.6 Å². The fraction of sp³-hybridized carbons (Fsp3) is 0.545. The van der Waals surface area contributed by atoms with Crippen LogP contribution in [0.2, 0.25) is 0 Å². The number of benzene rings is 2. The van der Waals surface area contributed by atoms with Gasteiger partial charge in [0.2, 0.25) is 11.8 Å². The van der Waals surface area contributed by atoms with Crippen molar-refractivity contribution in [3.63, 3.8) is 0 Å². The lowest BCUT2D eigenvalue weighted by Gasteiger charge is -2.38. The number of amides is 3. The van der Waals surface area contributed by atoms with Crippen LogP contribution in [0.1, 0.15) is 99.9 Å². The van der Waals surface area contributed by atoms with Crippen LogP contribution < -0.4 is 19.9 Å². The second-order valence-electron chi connectivity index (χ2n) is 17.6. The Balaban J connectivity index is 0.671. The summed E-state index contributed by atoms with van der Waals surface area (Å²) in [4.78, 5) is 52.0. The molecule has 0 bridgehead atoms. The number of hydrogen-bond donors (Lipinski definition) is 2. The van der Waals surface area contributed by atoms with Crippen LogP contribution in [-0.4, -0.2) is 105 Å². The fourth-order valence-electron chi connectivity index (χ4n) is 9.62. The molecular formula is C44H50F2N8O6. The van der Waals surface area contributed by atoms with Gasteiger partial charge < -0.3 is 28.9 Å². The van der Waals surface area contributed by atoms with E-state index in [4.69, 9.17) is 14.2 Å². The van der Waals surface area contributed by atoms with Gasteiger partial charge in [0, 0.05) is 61.2 Å². The number of anilines is 2. The van der Waals surface area contributed by atoms with Crippen LogP contribution in [0.15, 0.2) is 36.7 Å². The Bertz CT molecular complexity index is 2310. The minimum absolute atomic E-state index is 0.0170. The molecule has 3 saturated heterocycles. The molecule has 4 aromatic rings. The Hall–Kier alpha value is -5.22. The molecule has 2 aromatic heterocycles. The molecule has 4 aliphatic heterocycles. The number of imide groups is 1. The maximum absolute atomic E-state index is 15.9. The monoisotopic (exact) mass is 824 g/mol. The number of aromatic amines is 1. The minimum atomic E-state index is -0.775. The van der Waals surface area contributed by atoms with Crippen molar-refractivity contribution in [3.8, 4) is 17.1 Å². The van der Waals surface area contributed by atoms with Crippen LogP contribution in [0.3, 0.4) is 0 Å². The molecule has 6 heterocycles. The number of fused-ring (bicyclic) bond motifs is 2. The second-order valence-corrected chi connectivity index (χ2v) is 17.6. The number of rotatable bonds is 10. The first-order valence-corrected chi connectivity index (χ1v) is 21.5. The number of H-pyrrole nitrogens is 1. The van der Waals surface area contributed by atoms with Gasteiger partial charge in [-0.05, 0) is 95.8 Å².